The summed E-state index contributed by atoms with van der Waals surface area (Å²) in [5, 5.41) is 3.71. The number of halogens is 1. The van der Waals surface area contributed by atoms with E-state index < -0.39 is 0 Å². The predicted molar refractivity (Wildman–Crippen MR) is 52.3 cm³/mol. The summed E-state index contributed by atoms with van der Waals surface area (Å²) in [6, 6.07) is 0. The molecule has 3 N–H and O–H groups in total. The van der Waals surface area contributed by atoms with Crippen LogP contribution in [0.25, 0.3) is 5.57 Å². The van der Waals surface area contributed by atoms with E-state index in [2.05, 4.69) is 15.3 Å². The molecule has 0 radical (unpaired) electrons. The van der Waals surface area contributed by atoms with E-state index in [1.54, 1.807) is 0 Å². The van der Waals surface area contributed by atoms with Gasteiger partial charge in [-0.25, -0.2) is 9.97 Å². The van der Waals surface area contributed by atoms with Gasteiger partial charge in [0, 0.05) is 13.1 Å². The quantitative estimate of drug-likeness (QED) is 0.694. The molecule has 2 heterocycles. The number of nitrogen functional groups attached to an aromatic ring is 1. The fourth-order valence-electron chi connectivity index (χ4n) is 1.26. The van der Waals surface area contributed by atoms with Crippen LogP contribution in [0, 0.1) is 0 Å². The van der Waals surface area contributed by atoms with E-state index in [-0.39, 0.29) is 5.95 Å². The highest BCUT2D eigenvalue weighted by Crippen LogP contribution is 2.22. The maximum absolute atomic E-state index is 5.93. The van der Waals surface area contributed by atoms with Gasteiger partial charge in [0.1, 0.15) is 0 Å². The molecule has 4 nitrogen and oxygen atoms in total. The van der Waals surface area contributed by atoms with Crippen molar-refractivity contribution in [2.45, 2.75) is 0 Å². The molecule has 5 heteroatoms. The molecule has 1 aliphatic heterocycles. The lowest BCUT2D eigenvalue weighted by molar-refractivity contribution is 0.895. The van der Waals surface area contributed by atoms with E-state index in [9.17, 15) is 0 Å². The van der Waals surface area contributed by atoms with Gasteiger partial charge in [-0.1, -0.05) is 17.7 Å². The number of nitrogens with two attached hydrogens (primary N) is 1. The van der Waals surface area contributed by atoms with E-state index >= 15 is 0 Å². The SMILES string of the molecule is Nc1ncc(Cl)c(C2=CCNC2)n1. The van der Waals surface area contributed by atoms with Gasteiger partial charge in [0.05, 0.1) is 16.9 Å². The zero-order valence-electron chi connectivity index (χ0n) is 6.92. The Morgan fingerprint density at radius 3 is 3.08 bits per heavy atom. The average molecular weight is 197 g/mol. The Bertz CT molecular complexity index is 361. The molecule has 0 unspecified atom stereocenters. The fraction of sp³-hybridized carbons (Fsp3) is 0.250. The maximum Gasteiger partial charge on any atom is 0.220 e. The van der Waals surface area contributed by atoms with Gasteiger partial charge in [0.25, 0.3) is 0 Å². The Morgan fingerprint density at radius 1 is 1.54 bits per heavy atom. The number of nitrogens with one attached hydrogen (secondary N) is 1. The zero-order valence-corrected chi connectivity index (χ0v) is 7.67. The largest absolute Gasteiger partial charge is 0.368 e. The average Bonchev–Trinajstić information content (AvgIpc) is 2.61. The highest BCUT2D eigenvalue weighted by molar-refractivity contribution is 6.32. The van der Waals surface area contributed by atoms with E-state index in [1.807, 2.05) is 6.08 Å². The molecular formula is C8H9ClN4. The van der Waals surface area contributed by atoms with Crippen LogP contribution < -0.4 is 11.1 Å². The second-order valence-corrected chi connectivity index (χ2v) is 3.19. The minimum absolute atomic E-state index is 0.257. The monoisotopic (exact) mass is 196 g/mol. The van der Waals surface area contributed by atoms with Gasteiger partial charge in [-0.2, -0.15) is 0 Å². The van der Waals surface area contributed by atoms with Crippen molar-refractivity contribution in [2.75, 3.05) is 18.8 Å². The summed E-state index contributed by atoms with van der Waals surface area (Å²) in [7, 11) is 0. The van der Waals surface area contributed by atoms with Crippen LogP contribution in [0.2, 0.25) is 5.02 Å². The van der Waals surface area contributed by atoms with Crippen molar-refractivity contribution >= 4 is 23.1 Å². The molecule has 0 spiro atoms. The number of rotatable bonds is 1. The van der Waals surface area contributed by atoms with E-state index in [0.29, 0.717) is 5.02 Å². The first kappa shape index (κ1) is 8.47. The Balaban J connectivity index is 2.43. The summed E-state index contributed by atoms with van der Waals surface area (Å²) in [6.45, 7) is 1.64. The van der Waals surface area contributed by atoms with Gasteiger partial charge >= 0.3 is 0 Å². The molecule has 0 amide bonds. The van der Waals surface area contributed by atoms with Crippen molar-refractivity contribution in [3.05, 3.63) is 23.0 Å². The second-order valence-electron chi connectivity index (χ2n) is 2.79. The maximum atomic E-state index is 5.93. The van der Waals surface area contributed by atoms with Gasteiger partial charge < -0.3 is 11.1 Å². The summed E-state index contributed by atoms with van der Waals surface area (Å²) in [4.78, 5) is 7.88. The molecule has 0 aliphatic carbocycles. The van der Waals surface area contributed by atoms with Crippen molar-refractivity contribution in [3.63, 3.8) is 0 Å². The van der Waals surface area contributed by atoms with Crippen molar-refractivity contribution in [3.8, 4) is 0 Å². The Kier molecular flexibility index (Phi) is 2.16. The van der Waals surface area contributed by atoms with Crippen molar-refractivity contribution in [1.29, 1.82) is 0 Å². The molecular weight excluding hydrogens is 188 g/mol. The smallest absolute Gasteiger partial charge is 0.220 e. The van der Waals surface area contributed by atoms with Gasteiger partial charge in [0.2, 0.25) is 5.95 Å². The lowest BCUT2D eigenvalue weighted by Gasteiger charge is -2.03. The van der Waals surface area contributed by atoms with Gasteiger partial charge in [0.15, 0.2) is 0 Å². The zero-order chi connectivity index (χ0) is 9.26. The number of aromatic nitrogens is 2. The molecule has 1 aromatic heterocycles. The third-order valence-electron chi connectivity index (χ3n) is 1.88. The number of anilines is 1. The van der Waals surface area contributed by atoms with E-state index in [4.69, 9.17) is 17.3 Å². The highest BCUT2D eigenvalue weighted by Gasteiger charge is 2.12. The van der Waals surface area contributed by atoms with Gasteiger partial charge in [-0.3, -0.25) is 0 Å². The van der Waals surface area contributed by atoms with Gasteiger partial charge in [-0.05, 0) is 5.57 Å². The van der Waals surface area contributed by atoms with Crippen molar-refractivity contribution < 1.29 is 0 Å². The lowest BCUT2D eigenvalue weighted by Crippen LogP contribution is -2.08. The van der Waals surface area contributed by atoms with Crippen LogP contribution in [0.4, 0.5) is 5.95 Å². The third-order valence-corrected chi connectivity index (χ3v) is 2.15. The van der Waals surface area contributed by atoms with Crippen LogP contribution in [0.15, 0.2) is 12.3 Å². The Labute approximate surface area is 80.8 Å². The molecule has 0 bridgehead atoms. The topological polar surface area (TPSA) is 63.8 Å². The minimum Gasteiger partial charge on any atom is -0.368 e. The first-order valence-corrected chi connectivity index (χ1v) is 4.33. The first-order chi connectivity index (χ1) is 6.27. The molecule has 2 rings (SSSR count). The van der Waals surface area contributed by atoms with Crippen LogP contribution in [0.3, 0.4) is 0 Å². The highest BCUT2D eigenvalue weighted by atomic mass is 35.5. The molecule has 1 aliphatic rings. The second kappa shape index (κ2) is 3.32. The summed E-state index contributed by atoms with van der Waals surface area (Å²) in [5.74, 6) is 0.257. The van der Waals surface area contributed by atoms with Crippen LogP contribution in [-0.2, 0) is 0 Å². The van der Waals surface area contributed by atoms with Crippen LogP contribution in [0.1, 0.15) is 5.69 Å². The Hall–Kier alpha value is -1.13. The van der Waals surface area contributed by atoms with Crippen LogP contribution in [0.5, 0.6) is 0 Å². The number of hydrogen-bond acceptors (Lipinski definition) is 4. The number of nitrogens with zero attached hydrogens (tertiary/aromatic N) is 2. The summed E-state index contributed by atoms with van der Waals surface area (Å²) >= 11 is 5.93. The van der Waals surface area contributed by atoms with E-state index in [0.717, 1.165) is 24.4 Å². The molecule has 0 saturated carbocycles. The first-order valence-electron chi connectivity index (χ1n) is 3.95. The van der Waals surface area contributed by atoms with Crippen LogP contribution in [-0.4, -0.2) is 23.1 Å². The minimum atomic E-state index is 0.257. The molecule has 0 aromatic carbocycles. The molecule has 0 fully saturated rings. The predicted octanol–water partition coefficient (Wildman–Crippen LogP) is 0.699. The Morgan fingerprint density at radius 2 is 2.38 bits per heavy atom. The van der Waals surface area contributed by atoms with Crippen LogP contribution >= 0.6 is 11.6 Å². The standard InChI is InChI=1S/C8H9ClN4/c9-6-4-12-8(10)13-7(6)5-1-2-11-3-5/h1,4,11H,2-3H2,(H2,10,12,13). The van der Waals surface area contributed by atoms with Gasteiger partial charge in [-0.15, -0.1) is 0 Å². The third kappa shape index (κ3) is 1.64. The normalized spacial score (nSPS) is 15.9. The number of hydrogen-bond donors (Lipinski definition) is 2. The molecule has 13 heavy (non-hydrogen) atoms. The lowest BCUT2D eigenvalue weighted by atomic mass is 10.2. The molecule has 0 atom stereocenters. The molecule has 68 valence electrons. The molecule has 1 aromatic rings. The van der Waals surface area contributed by atoms with Crippen molar-refractivity contribution in [1.82, 2.24) is 15.3 Å². The van der Waals surface area contributed by atoms with Crippen molar-refractivity contribution in [2.24, 2.45) is 0 Å². The summed E-state index contributed by atoms with van der Waals surface area (Å²) in [6.07, 6.45) is 3.58. The fourth-order valence-corrected chi connectivity index (χ4v) is 1.47. The van der Waals surface area contributed by atoms with E-state index in [1.165, 1.54) is 6.20 Å². The summed E-state index contributed by atoms with van der Waals surface area (Å²) < 4.78 is 0. The molecule has 0 saturated heterocycles. The summed E-state index contributed by atoms with van der Waals surface area (Å²) in [5.41, 5.74) is 7.28.